The standard InChI is InChI=1S/C47H56N8O8S/c1-50(2)25-35-37(62-4)19-28(20-38(35)63-5)34-26-51(3)44(59)33-22-39(64-41(33)34)43(58)48-29-23-47(24-29)11-14-53(27-47)13-6-12-52-15-17-54(18-16-52)30-7-8-31-32(21-30)46(61)55(45(31)60)36-9-10-40(56)49-42(36)57/h7-8,19-22,26,29,36H,6,9-18,23-25,27H2,1-5H3,(H,48,58)(H,49,56,57). The van der Waals surface area contributed by atoms with E-state index in [-0.39, 0.29) is 35.8 Å². The molecule has 1 saturated carbocycles. The number of hydrogen-bond donors (Lipinski definition) is 2. The van der Waals surface area contributed by atoms with Gasteiger partial charge in [0.25, 0.3) is 23.3 Å². The number of amides is 5. The molecule has 338 valence electrons. The first-order valence-electron chi connectivity index (χ1n) is 22.1. The fourth-order valence-corrected chi connectivity index (χ4v) is 11.6. The molecule has 17 heteroatoms. The van der Waals surface area contributed by atoms with E-state index >= 15 is 0 Å². The number of piperidine rings is 1. The van der Waals surface area contributed by atoms with Gasteiger partial charge >= 0.3 is 0 Å². The number of nitrogens with zero attached hydrogens (tertiary/aromatic N) is 6. The Morgan fingerprint density at radius 2 is 1.59 bits per heavy atom. The van der Waals surface area contributed by atoms with E-state index in [1.807, 2.05) is 38.5 Å². The molecule has 2 aromatic carbocycles. The molecule has 1 spiro atoms. The minimum absolute atomic E-state index is 0.0893. The number of hydrogen-bond acceptors (Lipinski definition) is 13. The van der Waals surface area contributed by atoms with Gasteiger partial charge in [-0.1, -0.05) is 0 Å². The zero-order chi connectivity index (χ0) is 45.0. The molecule has 3 saturated heterocycles. The first-order chi connectivity index (χ1) is 30.7. The Kier molecular flexibility index (Phi) is 11.9. The topological polar surface area (TPSA) is 166 Å². The maximum Gasteiger partial charge on any atom is 0.262 e. The maximum absolute atomic E-state index is 13.7. The van der Waals surface area contributed by atoms with Crippen LogP contribution in [0.25, 0.3) is 21.2 Å². The molecule has 5 aliphatic rings. The molecule has 1 atom stereocenters. The fraction of sp³-hybridized carbons (Fsp3) is 0.489. The average Bonchev–Trinajstić information content (AvgIpc) is 3.97. The summed E-state index contributed by atoms with van der Waals surface area (Å²) in [6.45, 7) is 8.13. The van der Waals surface area contributed by atoms with Gasteiger partial charge in [0, 0.05) is 80.9 Å². The third kappa shape index (κ3) is 8.18. The van der Waals surface area contributed by atoms with E-state index in [1.54, 1.807) is 44.0 Å². The Morgan fingerprint density at radius 1 is 0.891 bits per heavy atom. The lowest BCUT2D eigenvalue weighted by atomic mass is 9.65. The van der Waals surface area contributed by atoms with Crippen molar-refractivity contribution in [3.63, 3.8) is 0 Å². The lowest BCUT2D eigenvalue weighted by Gasteiger charge is -2.45. The number of anilines is 1. The van der Waals surface area contributed by atoms with Gasteiger partial charge in [0.2, 0.25) is 11.8 Å². The summed E-state index contributed by atoms with van der Waals surface area (Å²) in [5.41, 5.74) is 4.16. The van der Waals surface area contributed by atoms with Gasteiger partial charge in [-0.2, -0.15) is 0 Å². The summed E-state index contributed by atoms with van der Waals surface area (Å²) in [5.74, 6) is -0.739. The van der Waals surface area contributed by atoms with E-state index in [4.69, 9.17) is 9.47 Å². The summed E-state index contributed by atoms with van der Waals surface area (Å²) in [7, 11) is 8.99. The highest BCUT2D eigenvalue weighted by molar-refractivity contribution is 7.21. The van der Waals surface area contributed by atoms with Crippen LogP contribution in [-0.4, -0.2) is 146 Å². The zero-order valence-electron chi connectivity index (χ0n) is 37.2. The van der Waals surface area contributed by atoms with E-state index in [1.165, 1.54) is 11.3 Å². The summed E-state index contributed by atoms with van der Waals surface area (Å²) >= 11 is 1.35. The number of rotatable bonds is 13. The number of piperazine rings is 1. The molecule has 4 aromatic rings. The number of carbonyl (C=O) groups excluding carboxylic acids is 5. The van der Waals surface area contributed by atoms with Crippen LogP contribution in [0.1, 0.15) is 74.5 Å². The van der Waals surface area contributed by atoms with Crippen molar-refractivity contribution in [3.05, 3.63) is 74.5 Å². The van der Waals surface area contributed by atoms with Crippen LogP contribution in [0.4, 0.5) is 5.69 Å². The number of pyridine rings is 1. The van der Waals surface area contributed by atoms with Crippen molar-refractivity contribution in [2.75, 3.05) is 85.6 Å². The zero-order valence-corrected chi connectivity index (χ0v) is 38.0. The fourth-order valence-electron chi connectivity index (χ4n) is 10.5. The molecule has 0 radical (unpaired) electrons. The van der Waals surface area contributed by atoms with Crippen LogP contribution in [0.5, 0.6) is 11.5 Å². The van der Waals surface area contributed by atoms with Gasteiger partial charge in [0.1, 0.15) is 17.5 Å². The SMILES string of the molecule is COc1cc(-c2cn(C)c(=O)c3cc(C(=O)NC4CC5(CCN(CCCN6CCN(c7ccc8c(c7)C(=O)N(C7CCC(=O)NC7=O)C8=O)CC6)C5)C4)sc23)cc(OC)c1CN(C)C. The molecule has 16 nitrogen and oxygen atoms in total. The highest BCUT2D eigenvalue weighted by atomic mass is 32.1. The smallest absolute Gasteiger partial charge is 0.262 e. The molecule has 4 fully saturated rings. The second kappa shape index (κ2) is 17.4. The van der Waals surface area contributed by atoms with E-state index in [2.05, 4.69) is 30.2 Å². The minimum Gasteiger partial charge on any atom is -0.496 e. The van der Waals surface area contributed by atoms with E-state index in [9.17, 15) is 28.8 Å². The van der Waals surface area contributed by atoms with Crippen LogP contribution in [0.15, 0.2) is 47.4 Å². The summed E-state index contributed by atoms with van der Waals surface area (Å²) in [5, 5.41) is 6.04. The largest absolute Gasteiger partial charge is 0.496 e. The second-order valence-electron chi connectivity index (χ2n) is 18.4. The summed E-state index contributed by atoms with van der Waals surface area (Å²) in [6, 6.07) is 10.1. The van der Waals surface area contributed by atoms with E-state index in [0.717, 1.165) is 110 Å². The Hall–Kier alpha value is -5.62. The number of aryl methyl sites for hydroxylation is 1. The lowest BCUT2D eigenvalue weighted by Crippen LogP contribution is -2.54. The third-order valence-electron chi connectivity index (χ3n) is 13.8. The van der Waals surface area contributed by atoms with Crippen molar-refractivity contribution in [3.8, 4) is 22.6 Å². The lowest BCUT2D eigenvalue weighted by molar-refractivity contribution is -0.136. The Labute approximate surface area is 376 Å². The van der Waals surface area contributed by atoms with Gasteiger partial charge in [-0.25, -0.2) is 0 Å². The minimum atomic E-state index is -0.976. The average molecular weight is 893 g/mol. The van der Waals surface area contributed by atoms with Gasteiger partial charge in [-0.15, -0.1) is 11.3 Å². The van der Waals surface area contributed by atoms with Crippen LogP contribution in [0.2, 0.25) is 0 Å². The molecule has 0 bridgehead atoms. The number of aromatic nitrogens is 1. The van der Waals surface area contributed by atoms with Crippen LogP contribution >= 0.6 is 11.3 Å². The third-order valence-corrected chi connectivity index (χ3v) is 15.0. The normalized spacial score (nSPS) is 22.7. The van der Waals surface area contributed by atoms with Gasteiger partial charge in [-0.05, 0) is 113 Å². The van der Waals surface area contributed by atoms with E-state index < -0.39 is 29.7 Å². The highest BCUT2D eigenvalue weighted by Crippen LogP contribution is 2.48. The molecule has 2 N–H and O–H groups in total. The summed E-state index contributed by atoms with van der Waals surface area (Å²) in [6.07, 6.45) is 6.13. The number of nitrogens with one attached hydrogen (secondary N) is 2. The first kappa shape index (κ1) is 43.6. The molecule has 1 aliphatic carbocycles. The Balaban J connectivity index is 0.745. The predicted molar refractivity (Wildman–Crippen MR) is 243 cm³/mol. The van der Waals surface area contributed by atoms with Gasteiger partial charge < -0.3 is 34.1 Å². The van der Waals surface area contributed by atoms with Gasteiger partial charge in [0.05, 0.1) is 41.2 Å². The molecule has 6 heterocycles. The van der Waals surface area contributed by atoms with E-state index in [0.29, 0.717) is 39.4 Å². The molecular weight excluding hydrogens is 837 g/mol. The second-order valence-corrected chi connectivity index (χ2v) is 19.4. The summed E-state index contributed by atoms with van der Waals surface area (Å²) < 4.78 is 13.9. The Morgan fingerprint density at radius 3 is 2.28 bits per heavy atom. The molecule has 4 aliphatic heterocycles. The number of imide groups is 2. The maximum atomic E-state index is 13.7. The molecule has 1 unspecified atom stereocenters. The van der Waals surface area contributed by atoms with Crippen molar-refractivity contribution in [1.29, 1.82) is 0 Å². The molecule has 9 rings (SSSR count). The van der Waals surface area contributed by atoms with Crippen LogP contribution in [0.3, 0.4) is 0 Å². The van der Waals surface area contributed by atoms with Crippen molar-refractivity contribution >= 4 is 56.6 Å². The summed E-state index contributed by atoms with van der Waals surface area (Å²) in [4.78, 5) is 88.5. The molecule has 5 amide bonds. The van der Waals surface area contributed by atoms with Crippen LogP contribution < -0.4 is 30.6 Å². The number of thiophene rings is 1. The number of carbonyl (C=O) groups is 5. The quantitative estimate of drug-likeness (QED) is 0.188. The van der Waals surface area contributed by atoms with Gasteiger partial charge in [-0.3, -0.25) is 43.9 Å². The monoisotopic (exact) mass is 892 g/mol. The number of benzene rings is 2. The number of methoxy groups -OCH3 is 2. The Bertz CT molecular complexity index is 2580. The number of fused-ring (bicyclic) bond motifs is 2. The van der Waals surface area contributed by atoms with Crippen molar-refractivity contribution in [2.24, 2.45) is 12.5 Å². The molecule has 64 heavy (non-hydrogen) atoms. The van der Waals surface area contributed by atoms with Crippen LogP contribution in [-0.2, 0) is 23.2 Å². The molecule has 2 aromatic heterocycles. The highest BCUT2D eigenvalue weighted by Gasteiger charge is 2.49. The van der Waals surface area contributed by atoms with Crippen LogP contribution in [0, 0.1) is 5.41 Å². The number of likely N-dealkylation sites (tertiary alicyclic amines) is 1. The van der Waals surface area contributed by atoms with Crippen molar-refractivity contribution in [2.45, 2.75) is 57.2 Å². The molecular formula is C47H56N8O8S. The number of ether oxygens (including phenoxy) is 2. The first-order valence-corrected chi connectivity index (χ1v) is 23.0. The van der Waals surface area contributed by atoms with Crippen molar-refractivity contribution < 1.29 is 33.4 Å². The van der Waals surface area contributed by atoms with Crippen molar-refractivity contribution in [1.82, 2.24) is 34.8 Å². The predicted octanol–water partition coefficient (Wildman–Crippen LogP) is 3.54. The van der Waals surface area contributed by atoms with Gasteiger partial charge in [0.15, 0.2) is 0 Å².